The number of thiazole rings is 1. The first-order valence-electron chi connectivity index (χ1n) is 4.52. The van der Waals surface area contributed by atoms with E-state index in [2.05, 4.69) is 22.3 Å². The van der Waals surface area contributed by atoms with Crippen molar-refractivity contribution in [3.8, 4) is 0 Å². The molecule has 0 atom stereocenters. The van der Waals surface area contributed by atoms with Gasteiger partial charge in [-0.1, -0.05) is 0 Å². The minimum Gasteiger partial charge on any atom is -0.377 e. The number of aryl methyl sites for hydroxylation is 1. The molecule has 0 amide bonds. The van der Waals surface area contributed by atoms with E-state index in [1.165, 1.54) is 0 Å². The lowest BCUT2D eigenvalue weighted by atomic mass is 10.4. The third-order valence-electron chi connectivity index (χ3n) is 1.91. The van der Waals surface area contributed by atoms with Crippen LogP contribution in [0.2, 0.25) is 0 Å². The summed E-state index contributed by atoms with van der Waals surface area (Å²) < 4.78 is 1.89. The predicted molar refractivity (Wildman–Crippen MR) is 57.3 cm³/mol. The van der Waals surface area contributed by atoms with Crippen LogP contribution in [0.3, 0.4) is 0 Å². The summed E-state index contributed by atoms with van der Waals surface area (Å²) >= 11 is 1.61. The molecule has 2 aromatic rings. The van der Waals surface area contributed by atoms with Crippen LogP contribution < -0.4 is 5.32 Å². The number of aromatic nitrogens is 3. The van der Waals surface area contributed by atoms with Crippen LogP contribution in [0.25, 0.3) is 0 Å². The Bertz CT molecular complexity index is 379. The molecule has 0 spiro atoms. The van der Waals surface area contributed by atoms with E-state index in [4.69, 9.17) is 0 Å². The molecule has 1 N–H and O–H groups in total. The fraction of sp³-hybridized carbons (Fsp3) is 0.333. The molecule has 0 aromatic carbocycles. The van der Waals surface area contributed by atoms with Crippen molar-refractivity contribution in [2.24, 2.45) is 0 Å². The molecule has 4 nitrogen and oxygen atoms in total. The van der Waals surface area contributed by atoms with Crippen molar-refractivity contribution in [1.82, 2.24) is 14.8 Å². The Morgan fingerprint density at radius 2 is 2.50 bits per heavy atom. The van der Waals surface area contributed by atoms with E-state index in [1.54, 1.807) is 11.3 Å². The Balaban J connectivity index is 1.92. The monoisotopic (exact) mass is 208 g/mol. The van der Waals surface area contributed by atoms with Gasteiger partial charge in [0, 0.05) is 18.1 Å². The Kier molecular flexibility index (Phi) is 2.78. The summed E-state index contributed by atoms with van der Waals surface area (Å²) in [7, 11) is 0. The largest absolute Gasteiger partial charge is 0.377 e. The standard InChI is InChI=1S/C9H12N4S/c1-2-13-5-8(4-12-13)10-3-9-6-14-7-11-9/h4-7,10H,2-3H2,1H3. The van der Waals surface area contributed by atoms with E-state index in [1.807, 2.05) is 28.0 Å². The lowest BCUT2D eigenvalue weighted by Crippen LogP contribution is -1.98. The molecule has 2 aromatic heterocycles. The maximum Gasteiger partial charge on any atom is 0.0795 e. The van der Waals surface area contributed by atoms with E-state index in [0.29, 0.717) is 0 Å². The van der Waals surface area contributed by atoms with Gasteiger partial charge in [0.25, 0.3) is 0 Å². The highest BCUT2D eigenvalue weighted by atomic mass is 32.1. The van der Waals surface area contributed by atoms with Crippen molar-refractivity contribution >= 4 is 17.0 Å². The smallest absolute Gasteiger partial charge is 0.0795 e. The van der Waals surface area contributed by atoms with Crippen molar-refractivity contribution in [2.45, 2.75) is 20.0 Å². The second-order valence-electron chi connectivity index (χ2n) is 2.92. The summed E-state index contributed by atoms with van der Waals surface area (Å²) in [4.78, 5) is 4.19. The van der Waals surface area contributed by atoms with E-state index in [0.717, 1.165) is 24.5 Å². The molecule has 0 saturated carbocycles. The maximum absolute atomic E-state index is 4.19. The molecule has 0 fully saturated rings. The van der Waals surface area contributed by atoms with Crippen LogP contribution in [0.15, 0.2) is 23.3 Å². The van der Waals surface area contributed by atoms with Crippen molar-refractivity contribution in [3.63, 3.8) is 0 Å². The molecule has 0 saturated heterocycles. The normalized spacial score (nSPS) is 10.4. The summed E-state index contributed by atoms with van der Waals surface area (Å²) in [6, 6.07) is 0. The van der Waals surface area contributed by atoms with Crippen LogP contribution in [0.5, 0.6) is 0 Å². The van der Waals surface area contributed by atoms with Gasteiger partial charge in [0.1, 0.15) is 0 Å². The molecular formula is C9H12N4S. The molecule has 0 bridgehead atoms. The second kappa shape index (κ2) is 4.23. The Labute approximate surface area is 86.6 Å². The number of hydrogen-bond acceptors (Lipinski definition) is 4. The number of hydrogen-bond donors (Lipinski definition) is 1. The van der Waals surface area contributed by atoms with Crippen LogP contribution in [-0.2, 0) is 13.1 Å². The topological polar surface area (TPSA) is 42.7 Å². The van der Waals surface area contributed by atoms with Gasteiger partial charge in [0.2, 0.25) is 0 Å². The van der Waals surface area contributed by atoms with E-state index in [-0.39, 0.29) is 0 Å². The quantitative estimate of drug-likeness (QED) is 0.835. The number of anilines is 1. The molecule has 2 heterocycles. The van der Waals surface area contributed by atoms with Gasteiger partial charge in [-0.3, -0.25) is 4.68 Å². The van der Waals surface area contributed by atoms with E-state index in [9.17, 15) is 0 Å². The van der Waals surface area contributed by atoms with Crippen molar-refractivity contribution in [1.29, 1.82) is 0 Å². The Hall–Kier alpha value is -1.36. The number of rotatable bonds is 4. The van der Waals surface area contributed by atoms with Gasteiger partial charge in [-0.25, -0.2) is 4.98 Å². The minimum atomic E-state index is 0.763. The molecule has 0 aliphatic carbocycles. The van der Waals surface area contributed by atoms with Crippen LogP contribution in [0, 0.1) is 0 Å². The SMILES string of the molecule is CCn1cc(NCc2cscn2)cn1. The maximum atomic E-state index is 4.19. The lowest BCUT2D eigenvalue weighted by molar-refractivity contribution is 0.660. The van der Waals surface area contributed by atoms with Crippen molar-refractivity contribution in [2.75, 3.05) is 5.32 Å². The molecule has 0 radical (unpaired) electrons. The van der Waals surface area contributed by atoms with Crippen LogP contribution >= 0.6 is 11.3 Å². The number of nitrogens with one attached hydrogen (secondary N) is 1. The van der Waals surface area contributed by atoms with Gasteiger partial charge in [-0.15, -0.1) is 11.3 Å². The summed E-state index contributed by atoms with van der Waals surface area (Å²) in [5.41, 5.74) is 3.95. The first-order chi connectivity index (χ1) is 6.88. The highest BCUT2D eigenvalue weighted by molar-refractivity contribution is 7.07. The lowest BCUT2D eigenvalue weighted by Gasteiger charge is -1.98. The summed E-state index contributed by atoms with van der Waals surface area (Å²) in [5, 5.41) is 9.47. The average molecular weight is 208 g/mol. The molecule has 0 aliphatic heterocycles. The Morgan fingerprint density at radius 1 is 1.57 bits per heavy atom. The van der Waals surface area contributed by atoms with E-state index >= 15 is 0 Å². The first kappa shape index (κ1) is 9.21. The zero-order valence-electron chi connectivity index (χ0n) is 7.97. The van der Waals surface area contributed by atoms with Gasteiger partial charge in [0.05, 0.1) is 29.6 Å². The molecule has 2 rings (SSSR count). The molecule has 74 valence electrons. The third-order valence-corrected chi connectivity index (χ3v) is 2.55. The Morgan fingerprint density at radius 3 is 3.14 bits per heavy atom. The van der Waals surface area contributed by atoms with Gasteiger partial charge < -0.3 is 5.32 Å². The average Bonchev–Trinajstić information content (AvgIpc) is 2.86. The van der Waals surface area contributed by atoms with Crippen LogP contribution in [-0.4, -0.2) is 14.8 Å². The van der Waals surface area contributed by atoms with Crippen molar-refractivity contribution < 1.29 is 0 Å². The summed E-state index contributed by atoms with van der Waals surface area (Å²) in [6.45, 7) is 3.73. The van der Waals surface area contributed by atoms with Gasteiger partial charge in [-0.2, -0.15) is 5.10 Å². The molecule has 5 heteroatoms. The molecular weight excluding hydrogens is 196 g/mol. The zero-order valence-corrected chi connectivity index (χ0v) is 8.79. The zero-order chi connectivity index (χ0) is 9.80. The van der Waals surface area contributed by atoms with Crippen LogP contribution in [0.1, 0.15) is 12.6 Å². The van der Waals surface area contributed by atoms with Gasteiger partial charge in [-0.05, 0) is 6.92 Å². The van der Waals surface area contributed by atoms with E-state index < -0.39 is 0 Å². The van der Waals surface area contributed by atoms with Gasteiger partial charge >= 0.3 is 0 Å². The fourth-order valence-corrected chi connectivity index (χ4v) is 1.70. The third kappa shape index (κ3) is 2.11. The number of nitrogens with zero attached hydrogens (tertiary/aromatic N) is 3. The first-order valence-corrected chi connectivity index (χ1v) is 5.46. The fourth-order valence-electron chi connectivity index (χ4n) is 1.15. The molecule has 14 heavy (non-hydrogen) atoms. The summed E-state index contributed by atoms with van der Waals surface area (Å²) in [6.07, 6.45) is 3.82. The molecule has 0 unspecified atom stereocenters. The minimum absolute atomic E-state index is 0.763. The van der Waals surface area contributed by atoms with Crippen molar-refractivity contribution in [3.05, 3.63) is 29.0 Å². The van der Waals surface area contributed by atoms with Gasteiger partial charge in [0.15, 0.2) is 0 Å². The molecule has 0 aliphatic rings. The van der Waals surface area contributed by atoms with Crippen LogP contribution in [0.4, 0.5) is 5.69 Å². The predicted octanol–water partition coefficient (Wildman–Crippen LogP) is 1.97. The summed E-state index contributed by atoms with van der Waals surface area (Å²) in [5.74, 6) is 0. The highest BCUT2D eigenvalue weighted by Crippen LogP contribution is 2.08. The second-order valence-corrected chi connectivity index (χ2v) is 3.64. The highest BCUT2D eigenvalue weighted by Gasteiger charge is 1.97.